The zero-order valence-corrected chi connectivity index (χ0v) is 15.3. The Kier molecular flexibility index (Phi) is 8.34. The van der Waals surface area contributed by atoms with E-state index in [1.165, 1.54) is 12.1 Å². The SMILES string of the molecule is CCOCCCNC(=O)CN(C)C(C)c1ccc(S(N)(=O)=O)cc1. The van der Waals surface area contributed by atoms with Crippen LogP contribution in [0.3, 0.4) is 0 Å². The number of amides is 1. The number of carbonyl (C=O) groups is 1. The maximum absolute atomic E-state index is 11.9. The first-order chi connectivity index (χ1) is 11.3. The largest absolute Gasteiger partial charge is 0.382 e. The van der Waals surface area contributed by atoms with Gasteiger partial charge in [-0.25, -0.2) is 13.6 Å². The molecule has 24 heavy (non-hydrogen) atoms. The van der Waals surface area contributed by atoms with Gasteiger partial charge in [0.2, 0.25) is 15.9 Å². The Morgan fingerprint density at radius 1 is 1.33 bits per heavy atom. The molecule has 0 aliphatic carbocycles. The monoisotopic (exact) mass is 357 g/mol. The second kappa shape index (κ2) is 9.73. The highest BCUT2D eigenvalue weighted by Crippen LogP contribution is 2.20. The number of nitrogens with zero attached hydrogens (tertiary/aromatic N) is 1. The Hall–Kier alpha value is -1.48. The van der Waals surface area contributed by atoms with Crippen LogP contribution < -0.4 is 10.5 Å². The van der Waals surface area contributed by atoms with Gasteiger partial charge in [0, 0.05) is 25.8 Å². The first-order valence-electron chi connectivity index (χ1n) is 7.93. The molecule has 7 nitrogen and oxygen atoms in total. The van der Waals surface area contributed by atoms with Crippen molar-refractivity contribution in [3.05, 3.63) is 29.8 Å². The van der Waals surface area contributed by atoms with Gasteiger partial charge in [-0.15, -0.1) is 0 Å². The average molecular weight is 357 g/mol. The van der Waals surface area contributed by atoms with Crippen molar-refractivity contribution in [2.24, 2.45) is 5.14 Å². The fourth-order valence-corrected chi connectivity index (χ4v) is 2.67. The molecular formula is C16H27N3O4S. The van der Waals surface area contributed by atoms with Crippen LogP contribution in [0.2, 0.25) is 0 Å². The van der Waals surface area contributed by atoms with E-state index in [0.29, 0.717) is 19.8 Å². The first-order valence-corrected chi connectivity index (χ1v) is 9.47. The number of carbonyl (C=O) groups excluding carboxylic acids is 1. The number of hydrogen-bond donors (Lipinski definition) is 2. The van der Waals surface area contributed by atoms with Crippen LogP contribution in [0.4, 0.5) is 0 Å². The van der Waals surface area contributed by atoms with Crippen molar-refractivity contribution < 1.29 is 17.9 Å². The summed E-state index contributed by atoms with van der Waals surface area (Å²) in [4.78, 5) is 13.9. The van der Waals surface area contributed by atoms with Crippen molar-refractivity contribution in [3.63, 3.8) is 0 Å². The summed E-state index contributed by atoms with van der Waals surface area (Å²) in [5.74, 6) is -0.0537. The molecule has 0 aromatic heterocycles. The fourth-order valence-electron chi connectivity index (χ4n) is 2.16. The van der Waals surface area contributed by atoms with E-state index in [1.54, 1.807) is 12.1 Å². The number of hydrogen-bond acceptors (Lipinski definition) is 5. The van der Waals surface area contributed by atoms with Gasteiger partial charge in [0.25, 0.3) is 0 Å². The van der Waals surface area contributed by atoms with Gasteiger partial charge in [0.1, 0.15) is 0 Å². The van der Waals surface area contributed by atoms with Crippen molar-refractivity contribution in [2.45, 2.75) is 31.2 Å². The Balaban J connectivity index is 2.49. The molecule has 0 aliphatic rings. The molecule has 1 aromatic rings. The second-order valence-electron chi connectivity index (χ2n) is 5.61. The maximum Gasteiger partial charge on any atom is 0.238 e. The van der Waals surface area contributed by atoms with Gasteiger partial charge >= 0.3 is 0 Å². The van der Waals surface area contributed by atoms with Crippen LogP contribution >= 0.6 is 0 Å². The molecule has 0 saturated heterocycles. The number of primary sulfonamides is 1. The van der Waals surface area contributed by atoms with Crippen LogP contribution in [0.15, 0.2) is 29.2 Å². The summed E-state index contributed by atoms with van der Waals surface area (Å²) in [7, 11) is -1.84. The van der Waals surface area contributed by atoms with Crippen LogP contribution in [0.1, 0.15) is 31.9 Å². The van der Waals surface area contributed by atoms with Gasteiger partial charge in [0.05, 0.1) is 11.4 Å². The predicted molar refractivity (Wildman–Crippen MR) is 93.0 cm³/mol. The molecule has 0 fully saturated rings. The number of nitrogens with one attached hydrogen (secondary N) is 1. The highest BCUT2D eigenvalue weighted by Gasteiger charge is 2.16. The fraction of sp³-hybridized carbons (Fsp3) is 0.562. The molecule has 0 aliphatic heterocycles. The number of sulfonamides is 1. The Bertz CT molecular complexity index is 617. The quantitative estimate of drug-likeness (QED) is 0.605. The van der Waals surface area contributed by atoms with E-state index in [0.717, 1.165) is 12.0 Å². The minimum atomic E-state index is -3.69. The summed E-state index contributed by atoms with van der Waals surface area (Å²) < 4.78 is 27.7. The van der Waals surface area contributed by atoms with Gasteiger partial charge < -0.3 is 10.1 Å². The summed E-state index contributed by atoms with van der Waals surface area (Å²) in [5, 5.41) is 7.94. The molecule has 3 N–H and O–H groups in total. The van der Waals surface area contributed by atoms with Gasteiger partial charge in [-0.1, -0.05) is 12.1 Å². The van der Waals surface area contributed by atoms with Crippen molar-refractivity contribution in [1.82, 2.24) is 10.2 Å². The number of benzene rings is 1. The molecule has 1 unspecified atom stereocenters. The van der Waals surface area contributed by atoms with E-state index in [1.807, 2.05) is 25.8 Å². The lowest BCUT2D eigenvalue weighted by Crippen LogP contribution is -2.37. The lowest BCUT2D eigenvalue weighted by atomic mass is 10.1. The Morgan fingerprint density at radius 3 is 2.50 bits per heavy atom. The molecule has 1 amide bonds. The van der Waals surface area contributed by atoms with E-state index in [2.05, 4.69) is 5.32 Å². The molecule has 1 atom stereocenters. The predicted octanol–water partition coefficient (Wildman–Crippen LogP) is 0.870. The van der Waals surface area contributed by atoms with Crippen LogP contribution in [-0.4, -0.2) is 52.6 Å². The zero-order valence-electron chi connectivity index (χ0n) is 14.5. The summed E-state index contributed by atoms with van der Waals surface area (Å²) in [5.41, 5.74) is 0.911. The topological polar surface area (TPSA) is 102 Å². The van der Waals surface area contributed by atoms with E-state index < -0.39 is 10.0 Å². The molecule has 1 rings (SSSR count). The number of rotatable bonds is 10. The maximum atomic E-state index is 11.9. The van der Waals surface area contributed by atoms with Crippen molar-refractivity contribution in [3.8, 4) is 0 Å². The molecular weight excluding hydrogens is 330 g/mol. The third-order valence-electron chi connectivity index (χ3n) is 3.74. The molecule has 0 radical (unpaired) electrons. The highest BCUT2D eigenvalue weighted by atomic mass is 32.2. The van der Waals surface area contributed by atoms with Gasteiger partial charge in [-0.2, -0.15) is 0 Å². The molecule has 0 spiro atoms. The van der Waals surface area contributed by atoms with E-state index in [-0.39, 0.29) is 23.4 Å². The molecule has 1 aromatic carbocycles. The van der Waals surface area contributed by atoms with Crippen molar-refractivity contribution >= 4 is 15.9 Å². The van der Waals surface area contributed by atoms with Crippen LogP contribution in [0.25, 0.3) is 0 Å². The Labute approximate surface area is 144 Å². The second-order valence-corrected chi connectivity index (χ2v) is 7.17. The standard InChI is InChI=1S/C16H27N3O4S/c1-4-23-11-5-10-18-16(20)12-19(3)13(2)14-6-8-15(9-7-14)24(17,21)22/h6-9,13H,4-5,10-12H2,1-3H3,(H,18,20)(H2,17,21,22). The number of likely N-dealkylation sites (N-methyl/N-ethyl adjacent to an activating group) is 1. The molecule has 0 bridgehead atoms. The zero-order chi connectivity index (χ0) is 18.2. The van der Waals surface area contributed by atoms with Gasteiger partial charge in [0.15, 0.2) is 0 Å². The summed E-state index contributed by atoms with van der Waals surface area (Å²) >= 11 is 0. The minimum absolute atomic E-state index is 0.0336. The Morgan fingerprint density at radius 2 is 1.96 bits per heavy atom. The molecule has 8 heteroatoms. The summed E-state index contributed by atoms with van der Waals surface area (Å²) in [6.07, 6.45) is 0.786. The normalized spacial score (nSPS) is 13.0. The van der Waals surface area contributed by atoms with Crippen LogP contribution in [-0.2, 0) is 19.6 Å². The third kappa shape index (κ3) is 6.96. The van der Waals surface area contributed by atoms with Crippen molar-refractivity contribution in [2.75, 3.05) is 33.4 Å². The molecule has 0 heterocycles. The molecule has 136 valence electrons. The summed E-state index contributed by atoms with van der Waals surface area (Å²) in [6, 6.07) is 6.33. The summed E-state index contributed by atoms with van der Waals surface area (Å²) in [6.45, 7) is 6.05. The van der Waals surface area contributed by atoms with Crippen molar-refractivity contribution in [1.29, 1.82) is 0 Å². The molecule has 0 saturated carbocycles. The minimum Gasteiger partial charge on any atom is -0.382 e. The van der Waals surface area contributed by atoms with Gasteiger partial charge in [-0.3, -0.25) is 9.69 Å². The lowest BCUT2D eigenvalue weighted by molar-refractivity contribution is -0.122. The van der Waals surface area contributed by atoms with Crippen LogP contribution in [0, 0.1) is 0 Å². The first kappa shape index (κ1) is 20.6. The average Bonchev–Trinajstić information content (AvgIpc) is 2.53. The highest BCUT2D eigenvalue weighted by molar-refractivity contribution is 7.89. The lowest BCUT2D eigenvalue weighted by Gasteiger charge is -2.24. The smallest absolute Gasteiger partial charge is 0.238 e. The van der Waals surface area contributed by atoms with E-state index in [9.17, 15) is 13.2 Å². The number of ether oxygens (including phenoxy) is 1. The third-order valence-corrected chi connectivity index (χ3v) is 4.67. The van der Waals surface area contributed by atoms with Gasteiger partial charge in [-0.05, 0) is 45.0 Å². The number of nitrogens with two attached hydrogens (primary N) is 1. The van der Waals surface area contributed by atoms with Crippen LogP contribution in [0.5, 0.6) is 0 Å². The van der Waals surface area contributed by atoms with E-state index in [4.69, 9.17) is 9.88 Å². The van der Waals surface area contributed by atoms with E-state index >= 15 is 0 Å².